The van der Waals surface area contributed by atoms with Crippen molar-refractivity contribution in [2.24, 2.45) is 0 Å². The second kappa shape index (κ2) is 5.19. The molecule has 0 amide bonds. The van der Waals surface area contributed by atoms with Crippen LogP contribution >= 0.6 is 31.9 Å². The zero-order chi connectivity index (χ0) is 12.4. The molecule has 1 aromatic heterocycles. The quantitative estimate of drug-likeness (QED) is 0.795. The van der Waals surface area contributed by atoms with Crippen LogP contribution in [0, 0.1) is 0 Å². The first-order valence-electron chi connectivity index (χ1n) is 5.28. The first kappa shape index (κ1) is 12.6. The van der Waals surface area contributed by atoms with E-state index in [9.17, 15) is 4.79 Å². The fourth-order valence-corrected chi connectivity index (χ4v) is 3.03. The molecule has 2 nitrogen and oxygen atoms in total. The van der Waals surface area contributed by atoms with Crippen LogP contribution in [0.4, 0.5) is 0 Å². The summed E-state index contributed by atoms with van der Waals surface area (Å²) >= 11 is 6.95. The molecule has 17 heavy (non-hydrogen) atoms. The summed E-state index contributed by atoms with van der Waals surface area (Å²) in [7, 11) is 0. The van der Waals surface area contributed by atoms with E-state index in [1.54, 1.807) is 16.7 Å². The van der Waals surface area contributed by atoms with Gasteiger partial charge in [0.25, 0.3) is 5.56 Å². The number of rotatable bonds is 2. The van der Waals surface area contributed by atoms with Gasteiger partial charge in [-0.05, 0) is 25.1 Å². The van der Waals surface area contributed by atoms with Crippen LogP contribution in [-0.2, 0) is 6.54 Å². The van der Waals surface area contributed by atoms with Crippen LogP contribution in [-0.4, -0.2) is 4.57 Å². The summed E-state index contributed by atoms with van der Waals surface area (Å²) < 4.78 is 3.74. The van der Waals surface area contributed by atoms with Gasteiger partial charge in [-0.3, -0.25) is 4.79 Å². The molecule has 0 radical (unpaired) electrons. The van der Waals surface area contributed by atoms with E-state index in [2.05, 4.69) is 31.9 Å². The molecule has 0 aliphatic heterocycles. The Morgan fingerprint density at radius 3 is 2.59 bits per heavy atom. The fraction of sp³-hybridized carbons (Fsp3) is 0.154. The Morgan fingerprint density at radius 1 is 1.18 bits per heavy atom. The minimum absolute atomic E-state index is 0.0276. The van der Waals surface area contributed by atoms with E-state index in [0.29, 0.717) is 6.54 Å². The van der Waals surface area contributed by atoms with Gasteiger partial charge < -0.3 is 4.57 Å². The molecule has 2 aromatic rings. The number of halogens is 2. The van der Waals surface area contributed by atoms with Crippen LogP contribution in [0.3, 0.4) is 0 Å². The average molecular weight is 357 g/mol. The lowest BCUT2D eigenvalue weighted by atomic mass is 10.1. The molecule has 1 heterocycles. The lowest BCUT2D eigenvalue weighted by molar-refractivity contribution is 0.735. The number of hydrogen-bond acceptors (Lipinski definition) is 1. The van der Waals surface area contributed by atoms with Crippen LogP contribution in [0.2, 0.25) is 0 Å². The molecule has 2 rings (SSSR count). The highest BCUT2D eigenvalue weighted by Crippen LogP contribution is 2.30. The van der Waals surface area contributed by atoms with Crippen molar-refractivity contribution >= 4 is 31.9 Å². The van der Waals surface area contributed by atoms with Crippen molar-refractivity contribution in [1.29, 1.82) is 0 Å². The van der Waals surface area contributed by atoms with Crippen LogP contribution in [0.25, 0.3) is 11.3 Å². The standard InChI is InChI=1S/C13H11Br2NO/c1-2-16-12(4-3-5-13(16)17)10-7-6-9(14)8-11(10)15/h3-8H,2H2,1H3. The third-order valence-electron chi connectivity index (χ3n) is 2.57. The Hall–Kier alpha value is -0.870. The zero-order valence-electron chi connectivity index (χ0n) is 9.28. The Labute approximate surface area is 117 Å². The van der Waals surface area contributed by atoms with Crippen molar-refractivity contribution in [2.45, 2.75) is 13.5 Å². The second-order valence-electron chi connectivity index (χ2n) is 3.62. The molecule has 0 saturated heterocycles. The van der Waals surface area contributed by atoms with E-state index in [1.165, 1.54) is 0 Å². The fourth-order valence-electron chi connectivity index (χ4n) is 1.78. The Bertz CT molecular complexity index is 605. The summed E-state index contributed by atoms with van der Waals surface area (Å²) in [5.74, 6) is 0. The predicted molar refractivity (Wildman–Crippen MR) is 77.2 cm³/mol. The Balaban J connectivity index is 2.68. The van der Waals surface area contributed by atoms with Crippen molar-refractivity contribution < 1.29 is 0 Å². The third-order valence-corrected chi connectivity index (χ3v) is 3.72. The molecule has 0 aliphatic rings. The first-order chi connectivity index (χ1) is 8.13. The van der Waals surface area contributed by atoms with Gasteiger partial charge in [0.15, 0.2) is 0 Å². The van der Waals surface area contributed by atoms with E-state index in [-0.39, 0.29) is 5.56 Å². The van der Waals surface area contributed by atoms with Crippen LogP contribution in [0.5, 0.6) is 0 Å². The van der Waals surface area contributed by atoms with Gasteiger partial charge in [-0.1, -0.05) is 44.0 Å². The summed E-state index contributed by atoms with van der Waals surface area (Å²) in [4.78, 5) is 11.8. The van der Waals surface area contributed by atoms with Crippen LogP contribution in [0.15, 0.2) is 50.1 Å². The summed E-state index contributed by atoms with van der Waals surface area (Å²) in [6.45, 7) is 2.63. The van der Waals surface area contributed by atoms with Gasteiger partial charge in [0, 0.05) is 27.1 Å². The number of hydrogen-bond donors (Lipinski definition) is 0. The summed E-state index contributed by atoms with van der Waals surface area (Å²) in [6, 6.07) is 11.3. The van der Waals surface area contributed by atoms with E-state index in [0.717, 1.165) is 20.2 Å². The zero-order valence-corrected chi connectivity index (χ0v) is 12.5. The maximum absolute atomic E-state index is 11.8. The molecular weight excluding hydrogens is 346 g/mol. The highest BCUT2D eigenvalue weighted by molar-refractivity contribution is 9.11. The highest BCUT2D eigenvalue weighted by atomic mass is 79.9. The molecule has 0 aliphatic carbocycles. The smallest absolute Gasteiger partial charge is 0.250 e. The highest BCUT2D eigenvalue weighted by Gasteiger charge is 2.08. The molecule has 0 bridgehead atoms. The molecule has 0 spiro atoms. The number of nitrogens with zero attached hydrogens (tertiary/aromatic N) is 1. The van der Waals surface area contributed by atoms with Gasteiger partial charge in [-0.25, -0.2) is 0 Å². The SMILES string of the molecule is CCn1c(-c2ccc(Br)cc2Br)cccc1=O. The molecule has 0 N–H and O–H groups in total. The van der Waals surface area contributed by atoms with Crippen LogP contribution < -0.4 is 5.56 Å². The molecule has 4 heteroatoms. The maximum Gasteiger partial charge on any atom is 0.250 e. The molecule has 0 fully saturated rings. The predicted octanol–water partition coefficient (Wildman–Crippen LogP) is 4.06. The monoisotopic (exact) mass is 355 g/mol. The van der Waals surface area contributed by atoms with Crippen LogP contribution in [0.1, 0.15) is 6.92 Å². The Kier molecular flexibility index (Phi) is 3.84. The Morgan fingerprint density at radius 2 is 1.94 bits per heavy atom. The summed E-state index contributed by atoms with van der Waals surface area (Å²) in [6.07, 6.45) is 0. The van der Waals surface area contributed by atoms with E-state index in [1.807, 2.05) is 31.2 Å². The molecule has 0 atom stereocenters. The molecule has 0 unspecified atom stereocenters. The number of pyridine rings is 1. The molecule has 0 saturated carbocycles. The average Bonchev–Trinajstić information content (AvgIpc) is 2.29. The lowest BCUT2D eigenvalue weighted by Gasteiger charge is -2.12. The summed E-state index contributed by atoms with van der Waals surface area (Å²) in [5.41, 5.74) is 1.98. The molecule has 1 aromatic carbocycles. The number of aromatic nitrogens is 1. The minimum atomic E-state index is 0.0276. The van der Waals surface area contributed by atoms with Gasteiger partial charge in [-0.15, -0.1) is 0 Å². The number of benzene rings is 1. The topological polar surface area (TPSA) is 22.0 Å². The van der Waals surface area contributed by atoms with Crippen molar-refractivity contribution in [3.8, 4) is 11.3 Å². The second-order valence-corrected chi connectivity index (χ2v) is 5.39. The van der Waals surface area contributed by atoms with E-state index >= 15 is 0 Å². The largest absolute Gasteiger partial charge is 0.309 e. The van der Waals surface area contributed by atoms with Crippen molar-refractivity contribution in [1.82, 2.24) is 4.57 Å². The normalized spacial score (nSPS) is 10.5. The third kappa shape index (κ3) is 2.53. The molecule has 88 valence electrons. The summed E-state index contributed by atoms with van der Waals surface area (Å²) in [5, 5.41) is 0. The van der Waals surface area contributed by atoms with Gasteiger partial charge >= 0.3 is 0 Å². The molecular formula is C13H11Br2NO. The van der Waals surface area contributed by atoms with Gasteiger partial charge in [-0.2, -0.15) is 0 Å². The van der Waals surface area contributed by atoms with E-state index in [4.69, 9.17) is 0 Å². The lowest BCUT2D eigenvalue weighted by Crippen LogP contribution is -2.19. The van der Waals surface area contributed by atoms with E-state index < -0.39 is 0 Å². The minimum Gasteiger partial charge on any atom is -0.309 e. The van der Waals surface area contributed by atoms with Gasteiger partial charge in [0.1, 0.15) is 0 Å². The van der Waals surface area contributed by atoms with Crippen molar-refractivity contribution in [2.75, 3.05) is 0 Å². The van der Waals surface area contributed by atoms with Gasteiger partial charge in [0.05, 0.1) is 5.69 Å². The first-order valence-corrected chi connectivity index (χ1v) is 6.87. The van der Waals surface area contributed by atoms with Gasteiger partial charge in [0.2, 0.25) is 0 Å². The van der Waals surface area contributed by atoms with Crippen molar-refractivity contribution in [3.63, 3.8) is 0 Å². The van der Waals surface area contributed by atoms with Crippen molar-refractivity contribution in [3.05, 3.63) is 55.7 Å². The maximum atomic E-state index is 11.8.